The van der Waals surface area contributed by atoms with Gasteiger partial charge >= 0.3 is 0 Å². The fourth-order valence-electron chi connectivity index (χ4n) is 1.64. The van der Waals surface area contributed by atoms with Crippen LogP contribution < -0.4 is 5.32 Å². The molecular weight excluding hydrogens is 273 g/mol. The largest absolute Gasteiger partial charge is 0.321 e. The summed E-state index contributed by atoms with van der Waals surface area (Å²) in [5.74, 6) is -0.661. The lowest BCUT2D eigenvalue weighted by molar-refractivity contribution is 0.102. The molecule has 18 heavy (non-hydrogen) atoms. The summed E-state index contributed by atoms with van der Waals surface area (Å²) >= 11 is 7.41. The second kappa shape index (κ2) is 5.08. The standard InChI is InChI=1S/C13H11ClFNOS/c1-7-5-10(8(2)18-7)13(17)16-12-4-3-9(15)6-11(12)14/h3-6H,1-2H3,(H,16,17). The first-order valence-corrected chi connectivity index (χ1v) is 6.50. The smallest absolute Gasteiger partial charge is 0.256 e. The molecule has 1 aromatic heterocycles. The van der Waals surface area contributed by atoms with E-state index in [1.54, 1.807) is 11.3 Å². The molecule has 0 spiro atoms. The van der Waals surface area contributed by atoms with Crippen molar-refractivity contribution < 1.29 is 9.18 Å². The fraction of sp³-hybridized carbons (Fsp3) is 0.154. The van der Waals surface area contributed by atoms with E-state index in [2.05, 4.69) is 5.32 Å². The highest BCUT2D eigenvalue weighted by Crippen LogP contribution is 2.25. The Hall–Kier alpha value is -1.39. The summed E-state index contributed by atoms with van der Waals surface area (Å²) in [6, 6.07) is 5.70. The predicted molar refractivity (Wildman–Crippen MR) is 73.2 cm³/mol. The minimum Gasteiger partial charge on any atom is -0.321 e. The van der Waals surface area contributed by atoms with Gasteiger partial charge in [0.1, 0.15) is 5.82 Å². The van der Waals surface area contributed by atoms with Crippen molar-refractivity contribution in [1.29, 1.82) is 0 Å². The summed E-state index contributed by atoms with van der Waals surface area (Å²) in [4.78, 5) is 14.0. The highest BCUT2D eigenvalue weighted by Gasteiger charge is 2.13. The third-order valence-electron chi connectivity index (χ3n) is 2.46. The molecule has 0 radical (unpaired) electrons. The zero-order valence-electron chi connectivity index (χ0n) is 9.88. The maximum atomic E-state index is 12.9. The van der Waals surface area contributed by atoms with Crippen LogP contribution in [0.1, 0.15) is 20.1 Å². The number of thiophene rings is 1. The normalized spacial score (nSPS) is 10.4. The van der Waals surface area contributed by atoms with Crippen LogP contribution in [0.2, 0.25) is 5.02 Å². The Kier molecular flexibility index (Phi) is 3.68. The number of carbonyl (C=O) groups excluding carboxylic acids is 1. The molecule has 2 aromatic rings. The van der Waals surface area contributed by atoms with Crippen LogP contribution in [-0.4, -0.2) is 5.91 Å². The molecule has 0 atom stereocenters. The number of aryl methyl sites for hydroxylation is 2. The summed E-state index contributed by atoms with van der Waals surface area (Å²) in [5, 5.41) is 2.86. The Bertz CT molecular complexity index is 609. The van der Waals surface area contributed by atoms with E-state index in [-0.39, 0.29) is 10.9 Å². The molecule has 0 bridgehead atoms. The summed E-state index contributed by atoms with van der Waals surface area (Å²) in [6.45, 7) is 3.83. The number of carbonyl (C=O) groups is 1. The van der Waals surface area contributed by atoms with Crippen LogP contribution >= 0.6 is 22.9 Å². The molecule has 0 aliphatic heterocycles. The number of amides is 1. The van der Waals surface area contributed by atoms with E-state index in [0.29, 0.717) is 11.3 Å². The molecule has 1 amide bonds. The maximum Gasteiger partial charge on any atom is 0.256 e. The molecule has 0 saturated heterocycles. The quantitative estimate of drug-likeness (QED) is 0.869. The monoisotopic (exact) mass is 283 g/mol. The van der Waals surface area contributed by atoms with Gasteiger partial charge in [-0.3, -0.25) is 4.79 Å². The number of hydrogen-bond acceptors (Lipinski definition) is 2. The maximum absolute atomic E-state index is 12.9. The van der Waals surface area contributed by atoms with E-state index >= 15 is 0 Å². The van der Waals surface area contributed by atoms with Gasteiger partial charge in [0.05, 0.1) is 16.3 Å². The van der Waals surface area contributed by atoms with Crippen molar-refractivity contribution in [3.8, 4) is 0 Å². The Morgan fingerprint density at radius 3 is 2.61 bits per heavy atom. The Labute approximate surface area is 113 Å². The first kappa shape index (κ1) is 13.1. The molecule has 0 aliphatic rings. The van der Waals surface area contributed by atoms with Crippen LogP contribution in [0, 0.1) is 19.7 Å². The van der Waals surface area contributed by atoms with Crippen LogP contribution in [0.5, 0.6) is 0 Å². The summed E-state index contributed by atoms with van der Waals surface area (Å²) in [6.07, 6.45) is 0. The molecule has 1 aromatic carbocycles. The fourth-order valence-corrected chi connectivity index (χ4v) is 2.77. The van der Waals surface area contributed by atoms with Crippen LogP contribution in [0.3, 0.4) is 0 Å². The van der Waals surface area contributed by atoms with Crippen LogP contribution in [0.15, 0.2) is 24.3 Å². The minimum atomic E-state index is -0.430. The average molecular weight is 284 g/mol. The van der Waals surface area contributed by atoms with Crippen molar-refractivity contribution in [2.45, 2.75) is 13.8 Å². The zero-order valence-corrected chi connectivity index (χ0v) is 11.5. The molecule has 0 fully saturated rings. The lowest BCUT2D eigenvalue weighted by Gasteiger charge is -2.06. The van der Waals surface area contributed by atoms with Crippen molar-refractivity contribution in [2.75, 3.05) is 5.32 Å². The molecule has 1 N–H and O–H groups in total. The third kappa shape index (κ3) is 2.71. The van der Waals surface area contributed by atoms with Crippen LogP contribution in [0.4, 0.5) is 10.1 Å². The van der Waals surface area contributed by atoms with Gasteiger partial charge in [0.15, 0.2) is 0 Å². The van der Waals surface area contributed by atoms with Gasteiger partial charge in [0.25, 0.3) is 5.91 Å². The van der Waals surface area contributed by atoms with E-state index in [9.17, 15) is 9.18 Å². The van der Waals surface area contributed by atoms with Crippen molar-refractivity contribution >= 4 is 34.5 Å². The first-order valence-electron chi connectivity index (χ1n) is 5.31. The molecule has 94 valence electrons. The average Bonchev–Trinajstić information content (AvgIpc) is 2.62. The van der Waals surface area contributed by atoms with Gasteiger partial charge in [-0.25, -0.2) is 4.39 Å². The van der Waals surface area contributed by atoms with Crippen molar-refractivity contribution in [1.82, 2.24) is 0 Å². The number of anilines is 1. The van der Waals surface area contributed by atoms with Gasteiger partial charge in [0.2, 0.25) is 0 Å². The van der Waals surface area contributed by atoms with Crippen molar-refractivity contribution in [3.05, 3.63) is 50.4 Å². The Balaban J connectivity index is 2.24. The van der Waals surface area contributed by atoms with E-state index < -0.39 is 5.82 Å². The molecule has 5 heteroatoms. The number of halogens is 2. The van der Waals surface area contributed by atoms with E-state index in [1.165, 1.54) is 18.2 Å². The molecule has 2 rings (SSSR count). The van der Waals surface area contributed by atoms with Crippen molar-refractivity contribution in [3.63, 3.8) is 0 Å². The molecule has 0 saturated carbocycles. The summed E-state index contributed by atoms with van der Waals surface area (Å²) < 4.78 is 12.9. The first-order chi connectivity index (χ1) is 8.47. The molecule has 0 unspecified atom stereocenters. The highest BCUT2D eigenvalue weighted by atomic mass is 35.5. The van der Waals surface area contributed by atoms with E-state index in [0.717, 1.165) is 9.75 Å². The minimum absolute atomic E-state index is 0.188. The third-order valence-corrected chi connectivity index (χ3v) is 3.74. The van der Waals surface area contributed by atoms with Gasteiger partial charge in [-0.05, 0) is 38.1 Å². The van der Waals surface area contributed by atoms with Gasteiger partial charge in [-0.2, -0.15) is 0 Å². The second-order valence-corrected chi connectivity index (χ2v) is 5.77. The molecular formula is C13H11ClFNOS. The lowest BCUT2D eigenvalue weighted by Crippen LogP contribution is -2.12. The SMILES string of the molecule is Cc1cc(C(=O)Nc2ccc(F)cc2Cl)c(C)s1. The lowest BCUT2D eigenvalue weighted by atomic mass is 10.2. The summed E-state index contributed by atoms with van der Waals surface area (Å²) in [5.41, 5.74) is 1.03. The van der Waals surface area contributed by atoms with E-state index in [1.807, 2.05) is 19.9 Å². The number of nitrogens with one attached hydrogen (secondary N) is 1. The summed E-state index contributed by atoms with van der Waals surface area (Å²) in [7, 11) is 0. The van der Waals surface area contributed by atoms with Gasteiger partial charge in [0, 0.05) is 9.75 Å². The molecule has 0 aliphatic carbocycles. The highest BCUT2D eigenvalue weighted by molar-refractivity contribution is 7.12. The predicted octanol–water partition coefficient (Wildman–Crippen LogP) is 4.41. The van der Waals surface area contributed by atoms with Crippen LogP contribution in [0.25, 0.3) is 0 Å². The zero-order chi connectivity index (χ0) is 13.3. The Morgan fingerprint density at radius 2 is 2.06 bits per heavy atom. The van der Waals surface area contributed by atoms with E-state index in [4.69, 9.17) is 11.6 Å². The Morgan fingerprint density at radius 1 is 1.33 bits per heavy atom. The van der Waals surface area contributed by atoms with Gasteiger partial charge in [-0.15, -0.1) is 11.3 Å². The number of benzene rings is 1. The van der Waals surface area contributed by atoms with Gasteiger partial charge in [-0.1, -0.05) is 11.6 Å². The number of hydrogen-bond donors (Lipinski definition) is 1. The number of rotatable bonds is 2. The topological polar surface area (TPSA) is 29.1 Å². The molecule has 2 nitrogen and oxygen atoms in total. The van der Waals surface area contributed by atoms with Gasteiger partial charge < -0.3 is 5.32 Å². The van der Waals surface area contributed by atoms with Crippen LogP contribution in [-0.2, 0) is 0 Å². The molecule has 1 heterocycles. The second-order valence-electron chi connectivity index (χ2n) is 3.91. The van der Waals surface area contributed by atoms with Crippen molar-refractivity contribution in [2.24, 2.45) is 0 Å².